The maximum absolute atomic E-state index is 5.97. The Morgan fingerprint density at radius 3 is 2.80 bits per heavy atom. The van der Waals surface area contributed by atoms with Gasteiger partial charge in [0, 0.05) is 17.8 Å². The lowest BCUT2D eigenvalue weighted by atomic mass is 9.89. The SMILES string of the molecule is CCCC1CNc2c(N)ccc(N)c2C1. The number of fused-ring (bicyclic) bond motifs is 1. The van der Waals surface area contributed by atoms with Crippen molar-refractivity contribution in [3.8, 4) is 0 Å². The van der Waals surface area contributed by atoms with Crippen molar-refractivity contribution in [2.45, 2.75) is 26.2 Å². The highest BCUT2D eigenvalue weighted by molar-refractivity contribution is 5.77. The van der Waals surface area contributed by atoms with Crippen LogP contribution >= 0.6 is 0 Å². The van der Waals surface area contributed by atoms with Crippen LogP contribution in [0.4, 0.5) is 17.1 Å². The molecule has 2 rings (SSSR count). The smallest absolute Gasteiger partial charge is 0.0627 e. The van der Waals surface area contributed by atoms with E-state index in [-0.39, 0.29) is 0 Å². The number of benzene rings is 1. The first-order valence-electron chi connectivity index (χ1n) is 5.63. The van der Waals surface area contributed by atoms with Gasteiger partial charge in [0.2, 0.25) is 0 Å². The number of anilines is 3. The highest BCUT2D eigenvalue weighted by Crippen LogP contribution is 2.35. The Morgan fingerprint density at radius 2 is 2.07 bits per heavy atom. The third-order valence-electron chi connectivity index (χ3n) is 3.14. The van der Waals surface area contributed by atoms with E-state index in [0.717, 1.165) is 30.0 Å². The summed E-state index contributed by atoms with van der Waals surface area (Å²) < 4.78 is 0. The van der Waals surface area contributed by atoms with Gasteiger partial charge in [-0.2, -0.15) is 0 Å². The zero-order valence-electron chi connectivity index (χ0n) is 9.22. The first kappa shape index (κ1) is 10.1. The van der Waals surface area contributed by atoms with Crippen LogP contribution in [0.3, 0.4) is 0 Å². The molecule has 5 N–H and O–H groups in total. The summed E-state index contributed by atoms with van der Waals surface area (Å²) in [5.74, 6) is 0.701. The third kappa shape index (κ3) is 1.87. The fraction of sp³-hybridized carbons (Fsp3) is 0.500. The molecule has 0 bridgehead atoms. The van der Waals surface area contributed by atoms with Gasteiger partial charge in [-0.3, -0.25) is 0 Å². The zero-order chi connectivity index (χ0) is 10.8. The molecule has 1 aliphatic heterocycles. The van der Waals surface area contributed by atoms with E-state index in [9.17, 15) is 0 Å². The molecular weight excluding hydrogens is 186 g/mol. The van der Waals surface area contributed by atoms with E-state index in [4.69, 9.17) is 11.5 Å². The molecule has 0 spiro atoms. The lowest BCUT2D eigenvalue weighted by molar-refractivity contribution is 0.490. The first-order chi connectivity index (χ1) is 7.22. The van der Waals surface area contributed by atoms with Crippen molar-refractivity contribution in [1.82, 2.24) is 0 Å². The standard InChI is InChI=1S/C12H19N3/c1-2-3-8-6-9-10(13)4-5-11(14)12(9)15-7-8/h4-5,8,15H,2-3,6-7,13-14H2,1H3. The van der Waals surface area contributed by atoms with Crippen molar-refractivity contribution in [2.75, 3.05) is 23.3 Å². The molecule has 1 heterocycles. The van der Waals surface area contributed by atoms with Gasteiger partial charge in [0.15, 0.2) is 0 Å². The maximum Gasteiger partial charge on any atom is 0.0627 e. The van der Waals surface area contributed by atoms with Crippen LogP contribution in [0.15, 0.2) is 12.1 Å². The molecule has 15 heavy (non-hydrogen) atoms. The van der Waals surface area contributed by atoms with Crippen molar-refractivity contribution >= 4 is 17.1 Å². The molecule has 1 aromatic carbocycles. The molecule has 0 fully saturated rings. The van der Waals surface area contributed by atoms with Gasteiger partial charge >= 0.3 is 0 Å². The zero-order valence-corrected chi connectivity index (χ0v) is 9.22. The number of nitrogen functional groups attached to an aromatic ring is 2. The Hall–Kier alpha value is -1.38. The summed E-state index contributed by atoms with van der Waals surface area (Å²) in [4.78, 5) is 0. The Morgan fingerprint density at radius 1 is 1.33 bits per heavy atom. The summed E-state index contributed by atoms with van der Waals surface area (Å²) in [6, 6.07) is 3.78. The summed E-state index contributed by atoms with van der Waals surface area (Å²) in [6.45, 7) is 3.24. The average molecular weight is 205 g/mol. The van der Waals surface area contributed by atoms with E-state index in [1.807, 2.05) is 12.1 Å². The molecular formula is C12H19N3. The van der Waals surface area contributed by atoms with Crippen LogP contribution in [0.2, 0.25) is 0 Å². The van der Waals surface area contributed by atoms with E-state index in [1.165, 1.54) is 18.4 Å². The molecule has 1 aromatic rings. The van der Waals surface area contributed by atoms with Crippen molar-refractivity contribution in [1.29, 1.82) is 0 Å². The molecule has 1 aliphatic rings. The van der Waals surface area contributed by atoms with Gasteiger partial charge in [0.25, 0.3) is 0 Å². The number of nitrogens with one attached hydrogen (secondary N) is 1. The Bertz CT molecular complexity index is 360. The van der Waals surface area contributed by atoms with Gasteiger partial charge < -0.3 is 16.8 Å². The topological polar surface area (TPSA) is 64.1 Å². The first-order valence-corrected chi connectivity index (χ1v) is 5.63. The number of nitrogens with two attached hydrogens (primary N) is 2. The van der Waals surface area contributed by atoms with Gasteiger partial charge in [-0.25, -0.2) is 0 Å². The van der Waals surface area contributed by atoms with Crippen LogP contribution in [0, 0.1) is 5.92 Å². The van der Waals surface area contributed by atoms with E-state index in [0.29, 0.717) is 5.92 Å². The second kappa shape index (κ2) is 4.01. The maximum atomic E-state index is 5.97. The monoisotopic (exact) mass is 205 g/mol. The molecule has 0 saturated carbocycles. The lowest BCUT2D eigenvalue weighted by Gasteiger charge is -2.28. The highest BCUT2D eigenvalue weighted by Gasteiger charge is 2.20. The minimum Gasteiger partial charge on any atom is -0.398 e. The number of hydrogen-bond donors (Lipinski definition) is 3. The van der Waals surface area contributed by atoms with Crippen LogP contribution < -0.4 is 16.8 Å². The van der Waals surface area contributed by atoms with Crippen molar-refractivity contribution in [3.05, 3.63) is 17.7 Å². The molecule has 3 heteroatoms. The number of rotatable bonds is 2. The van der Waals surface area contributed by atoms with E-state index in [1.54, 1.807) is 0 Å². The summed E-state index contributed by atoms with van der Waals surface area (Å²) in [5.41, 5.74) is 15.8. The van der Waals surface area contributed by atoms with Crippen LogP contribution in [-0.2, 0) is 6.42 Å². The molecule has 82 valence electrons. The molecule has 0 aromatic heterocycles. The molecule has 3 nitrogen and oxygen atoms in total. The summed E-state index contributed by atoms with van der Waals surface area (Å²) in [7, 11) is 0. The van der Waals surface area contributed by atoms with Crippen LogP contribution in [-0.4, -0.2) is 6.54 Å². The second-order valence-corrected chi connectivity index (χ2v) is 4.34. The van der Waals surface area contributed by atoms with Gasteiger partial charge in [0.05, 0.1) is 11.4 Å². The Kier molecular flexibility index (Phi) is 2.71. The minimum absolute atomic E-state index is 0.701. The van der Waals surface area contributed by atoms with E-state index in [2.05, 4.69) is 12.2 Å². The molecule has 0 saturated heterocycles. The van der Waals surface area contributed by atoms with Crippen LogP contribution in [0.1, 0.15) is 25.3 Å². The van der Waals surface area contributed by atoms with E-state index < -0.39 is 0 Å². The van der Waals surface area contributed by atoms with Gasteiger partial charge in [0.1, 0.15) is 0 Å². The largest absolute Gasteiger partial charge is 0.398 e. The van der Waals surface area contributed by atoms with Crippen molar-refractivity contribution < 1.29 is 0 Å². The van der Waals surface area contributed by atoms with Crippen LogP contribution in [0.25, 0.3) is 0 Å². The van der Waals surface area contributed by atoms with Gasteiger partial charge in [-0.15, -0.1) is 0 Å². The fourth-order valence-corrected chi connectivity index (χ4v) is 2.33. The van der Waals surface area contributed by atoms with Gasteiger partial charge in [-0.05, 0) is 30.9 Å². The van der Waals surface area contributed by atoms with Crippen molar-refractivity contribution in [2.24, 2.45) is 5.92 Å². The fourth-order valence-electron chi connectivity index (χ4n) is 2.33. The second-order valence-electron chi connectivity index (χ2n) is 4.34. The lowest BCUT2D eigenvalue weighted by Crippen LogP contribution is -2.24. The molecule has 1 unspecified atom stereocenters. The highest BCUT2D eigenvalue weighted by atomic mass is 14.9. The molecule has 0 amide bonds. The predicted octanol–water partition coefficient (Wildman–Crippen LogP) is 2.24. The summed E-state index contributed by atoms with van der Waals surface area (Å²) >= 11 is 0. The van der Waals surface area contributed by atoms with Gasteiger partial charge in [-0.1, -0.05) is 13.3 Å². The predicted molar refractivity (Wildman–Crippen MR) is 65.9 cm³/mol. The summed E-state index contributed by atoms with van der Waals surface area (Å²) in [6.07, 6.45) is 3.54. The molecule has 1 atom stereocenters. The average Bonchev–Trinajstić information content (AvgIpc) is 2.24. The molecule has 0 aliphatic carbocycles. The Labute approximate surface area is 90.8 Å². The Balaban J connectivity index is 2.28. The summed E-state index contributed by atoms with van der Waals surface area (Å²) in [5, 5.41) is 3.40. The van der Waals surface area contributed by atoms with Crippen LogP contribution in [0.5, 0.6) is 0 Å². The quantitative estimate of drug-likeness (QED) is 0.649. The van der Waals surface area contributed by atoms with Crippen molar-refractivity contribution in [3.63, 3.8) is 0 Å². The number of hydrogen-bond acceptors (Lipinski definition) is 3. The molecule has 0 radical (unpaired) electrons. The normalized spacial score (nSPS) is 19.4. The third-order valence-corrected chi connectivity index (χ3v) is 3.14. The van der Waals surface area contributed by atoms with E-state index >= 15 is 0 Å². The minimum atomic E-state index is 0.701.